The molecule has 0 spiro atoms. The molecular formula is C7H10N2O4. The van der Waals surface area contributed by atoms with E-state index in [4.69, 9.17) is 5.73 Å². The molecule has 6 nitrogen and oxygen atoms in total. The zero-order valence-electron chi connectivity index (χ0n) is 7.12. The third kappa shape index (κ3) is 1.52. The highest BCUT2D eigenvalue weighted by Crippen LogP contribution is 2.15. The highest BCUT2D eigenvalue weighted by molar-refractivity contribution is 6.19. The lowest BCUT2D eigenvalue weighted by atomic mass is 10.00. The van der Waals surface area contributed by atoms with Gasteiger partial charge >= 0.3 is 5.97 Å². The van der Waals surface area contributed by atoms with E-state index >= 15 is 0 Å². The van der Waals surface area contributed by atoms with E-state index in [1.54, 1.807) is 6.92 Å². The van der Waals surface area contributed by atoms with Gasteiger partial charge in [-0.1, -0.05) is 0 Å². The van der Waals surface area contributed by atoms with E-state index in [1.165, 1.54) is 0 Å². The quantitative estimate of drug-likeness (QED) is 0.304. The predicted molar refractivity (Wildman–Crippen MR) is 41.3 cm³/mol. The highest BCUT2D eigenvalue weighted by Gasteiger charge is 2.51. The van der Waals surface area contributed by atoms with Crippen LogP contribution < -0.4 is 11.1 Å². The first kappa shape index (κ1) is 9.66. The standard InChI is InChI=1S/C7H10N2O4/c1-2-13-6(12)7(8)3-4(10)9-5(7)11/h2-3,8H2,1H3,(H,9,10,11). The van der Waals surface area contributed by atoms with Gasteiger partial charge in [-0.25, -0.2) is 4.79 Å². The number of nitrogens with one attached hydrogen (secondary N) is 1. The van der Waals surface area contributed by atoms with Gasteiger partial charge in [0.2, 0.25) is 11.4 Å². The van der Waals surface area contributed by atoms with Gasteiger partial charge in [-0.2, -0.15) is 0 Å². The zero-order chi connectivity index (χ0) is 10.1. The molecule has 3 N–H and O–H groups in total. The molecule has 0 aromatic rings. The number of nitrogens with two attached hydrogens (primary N) is 1. The van der Waals surface area contributed by atoms with Crippen molar-refractivity contribution in [1.82, 2.24) is 5.32 Å². The summed E-state index contributed by atoms with van der Waals surface area (Å²) < 4.78 is 4.57. The Morgan fingerprint density at radius 3 is 2.69 bits per heavy atom. The molecule has 0 aromatic carbocycles. The smallest absolute Gasteiger partial charge is 0.336 e. The van der Waals surface area contributed by atoms with Crippen LogP contribution in [0.25, 0.3) is 0 Å². The molecule has 1 aliphatic rings. The highest BCUT2D eigenvalue weighted by atomic mass is 16.5. The van der Waals surface area contributed by atoms with E-state index in [-0.39, 0.29) is 13.0 Å². The van der Waals surface area contributed by atoms with Gasteiger partial charge in [0.05, 0.1) is 13.0 Å². The molecule has 0 aromatic heterocycles. The van der Waals surface area contributed by atoms with E-state index in [0.717, 1.165) is 0 Å². The van der Waals surface area contributed by atoms with Crippen LogP contribution in [0.4, 0.5) is 0 Å². The number of imide groups is 1. The SMILES string of the molecule is CCOC(=O)C1(N)CC(=O)NC1=O. The fraction of sp³-hybridized carbons (Fsp3) is 0.571. The Morgan fingerprint density at radius 2 is 2.31 bits per heavy atom. The van der Waals surface area contributed by atoms with Gasteiger partial charge < -0.3 is 10.5 Å². The average Bonchev–Trinajstić information content (AvgIpc) is 2.28. The number of carbonyl (C=O) groups is 3. The molecule has 1 heterocycles. The molecule has 13 heavy (non-hydrogen) atoms. The Morgan fingerprint density at radius 1 is 1.69 bits per heavy atom. The van der Waals surface area contributed by atoms with Crippen LogP contribution in [0, 0.1) is 0 Å². The van der Waals surface area contributed by atoms with E-state index in [1.807, 2.05) is 5.32 Å². The molecule has 1 atom stereocenters. The topological polar surface area (TPSA) is 98.5 Å². The molecule has 72 valence electrons. The van der Waals surface area contributed by atoms with Crippen molar-refractivity contribution < 1.29 is 19.1 Å². The molecular weight excluding hydrogens is 176 g/mol. The monoisotopic (exact) mass is 186 g/mol. The van der Waals surface area contributed by atoms with Crippen molar-refractivity contribution in [2.45, 2.75) is 18.9 Å². The van der Waals surface area contributed by atoms with Crippen molar-refractivity contribution in [1.29, 1.82) is 0 Å². The normalized spacial score (nSPS) is 27.2. The molecule has 1 unspecified atom stereocenters. The van der Waals surface area contributed by atoms with Crippen LogP contribution in [-0.4, -0.2) is 29.9 Å². The Kier molecular flexibility index (Phi) is 2.33. The lowest BCUT2D eigenvalue weighted by Gasteiger charge is -2.16. The number of rotatable bonds is 2. The summed E-state index contributed by atoms with van der Waals surface area (Å²) in [6, 6.07) is 0. The maximum Gasteiger partial charge on any atom is 0.336 e. The summed E-state index contributed by atoms with van der Waals surface area (Å²) in [5.41, 5.74) is 3.59. The van der Waals surface area contributed by atoms with E-state index in [0.29, 0.717) is 0 Å². The minimum absolute atomic E-state index is 0.124. The molecule has 1 saturated heterocycles. The largest absolute Gasteiger partial charge is 0.464 e. The molecule has 1 aliphatic heterocycles. The number of esters is 1. The van der Waals surface area contributed by atoms with Crippen molar-refractivity contribution in [3.63, 3.8) is 0 Å². The maximum atomic E-state index is 11.2. The van der Waals surface area contributed by atoms with Crippen LogP contribution >= 0.6 is 0 Å². The fourth-order valence-corrected chi connectivity index (χ4v) is 1.04. The molecule has 2 amide bonds. The minimum Gasteiger partial charge on any atom is -0.464 e. The van der Waals surface area contributed by atoms with Crippen molar-refractivity contribution >= 4 is 17.8 Å². The van der Waals surface area contributed by atoms with Crippen LogP contribution in [0.15, 0.2) is 0 Å². The van der Waals surface area contributed by atoms with Gasteiger partial charge in [0, 0.05) is 0 Å². The lowest BCUT2D eigenvalue weighted by molar-refractivity contribution is -0.152. The van der Waals surface area contributed by atoms with E-state index in [9.17, 15) is 14.4 Å². The van der Waals surface area contributed by atoms with Crippen molar-refractivity contribution in [2.24, 2.45) is 5.73 Å². The summed E-state index contributed by atoms with van der Waals surface area (Å²) in [7, 11) is 0. The van der Waals surface area contributed by atoms with Crippen LogP contribution in [-0.2, 0) is 19.1 Å². The van der Waals surface area contributed by atoms with E-state index < -0.39 is 23.3 Å². The Bertz CT molecular complexity index is 276. The molecule has 1 rings (SSSR count). The second kappa shape index (κ2) is 3.14. The maximum absolute atomic E-state index is 11.2. The van der Waals surface area contributed by atoms with Gasteiger partial charge in [0.25, 0.3) is 5.91 Å². The third-order valence-corrected chi connectivity index (χ3v) is 1.74. The minimum atomic E-state index is -1.83. The molecule has 0 aliphatic carbocycles. The first-order valence-electron chi connectivity index (χ1n) is 3.81. The van der Waals surface area contributed by atoms with Crippen molar-refractivity contribution in [3.8, 4) is 0 Å². The van der Waals surface area contributed by atoms with Gasteiger partial charge in [0.15, 0.2) is 0 Å². The van der Waals surface area contributed by atoms with E-state index in [2.05, 4.69) is 4.74 Å². The van der Waals surface area contributed by atoms with Crippen LogP contribution in [0.1, 0.15) is 13.3 Å². The number of carbonyl (C=O) groups excluding carboxylic acids is 3. The summed E-state index contributed by atoms with van der Waals surface area (Å²) in [6.45, 7) is 1.72. The number of hydrogen-bond acceptors (Lipinski definition) is 5. The second-order valence-corrected chi connectivity index (χ2v) is 2.75. The molecule has 6 heteroatoms. The second-order valence-electron chi connectivity index (χ2n) is 2.75. The average molecular weight is 186 g/mol. The molecule has 0 radical (unpaired) electrons. The first-order valence-corrected chi connectivity index (χ1v) is 3.81. The van der Waals surface area contributed by atoms with Crippen LogP contribution in [0.3, 0.4) is 0 Å². The van der Waals surface area contributed by atoms with Gasteiger partial charge in [-0.3, -0.25) is 14.9 Å². The molecule has 1 fully saturated rings. The summed E-state index contributed by atoms with van der Waals surface area (Å²) in [6.07, 6.45) is -0.343. The summed E-state index contributed by atoms with van der Waals surface area (Å²) in [5.74, 6) is -2.21. The fourth-order valence-electron chi connectivity index (χ4n) is 1.04. The van der Waals surface area contributed by atoms with Crippen LogP contribution in [0.5, 0.6) is 0 Å². The Labute approximate surface area is 74.4 Å². The summed E-state index contributed by atoms with van der Waals surface area (Å²) in [5, 5.41) is 1.94. The van der Waals surface area contributed by atoms with Crippen molar-refractivity contribution in [3.05, 3.63) is 0 Å². The number of hydrogen-bond donors (Lipinski definition) is 2. The molecule has 0 saturated carbocycles. The Balaban J connectivity index is 2.81. The summed E-state index contributed by atoms with van der Waals surface area (Å²) in [4.78, 5) is 33.0. The molecule has 0 bridgehead atoms. The number of amides is 2. The Hall–Kier alpha value is -1.43. The first-order chi connectivity index (χ1) is 6.00. The predicted octanol–water partition coefficient (Wildman–Crippen LogP) is -1.71. The zero-order valence-corrected chi connectivity index (χ0v) is 7.12. The summed E-state index contributed by atoms with van der Waals surface area (Å²) >= 11 is 0. The number of ether oxygens (including phenoxy) is 1. The van der Waals surface area contributed by atoms with Crippen molar-refractivity contribution in [2.75, 3.05) is 6.61 Å². The lowest BCUT2D eigenvalue weighted by Crippen LogP contribution is -2.54. The van der Waals surface area contributed by atoms with Gasteiger partial charge in [-0.05, 0) is 6.92 Å². The van der Waals surface area contributed by atoms with Crippen LogP contribution in [0.2, 0.25) is 0 Å². The third-order valence-electron chi connectivity index (χ3n) is 1.74. The van der Waals surface area contributed by atoms with Gasteiger partial charge in [0.1, 0.15) is 0 Å². The van der Waals surface area contributed by atoms with Gasteiger partial charge in [-0.15, -0.1) is 0 Å².